The zero-order valence-electron chi connectivity index (χ0n) is 17.2. The van der Waals surface area contributed by atoms with Crippen LogP contribution in [0.4, 0.5) is 5.13 Å². The Hall–Kier alpha value is -3.08. The number of benzene rings is 1. The van der Waals surface area contributed by atoms with E-state index in [1.54, 1.807) is 0 Å². The van der Waals surface area contributed by atoms with Crippen molar-refractivity contribution < 1.29 is 14.6 Å². The fourth-order valence-corrected chi connectivity index (χ4v) is 5.19. The van der Waals surface area contributed by atoms with Crippen LogP contribution in [0.1, 0.15) is 37.3 Å². The quantitative estimate of drug-likeness (QED) is 0.635. The highest BCUT2D eigenvalue weighted by Crippen LogP contribution is 2.41. The molecule has 3 aromatic rings. The third-order valence-corrected chi connectivity index (χ3v) is 7.03. The van der Waals surface area contributed by atoms with Crippen molar-refractivity contribution in [2.24, 2.45) is 0 Å². The lowest BCUT2D eigenvalue weighted by Crippen LogP contribution is -2.50. The lowest BCUT2D eigenvalue weighted by atomic mass is 9.82. The second kappa shape index (κ2) is 7.88. The van der Waals surface area contributed by atoms with Crippen LogP contribution in [0.25, 0.3) is 10.8 Å². The Morgan fingerprint density at radius 3 is 2.84 bits per heavy atom. The number of carboxylic acid groups (broad SMARTS) is 1. The van der Waals surface area contributed by atoms with Gasteiger partial charge in [-0.05, 0) is 41.7 Å². The van der Waals surface area contributed by atoms with Gasteiger partial charge in [-0.25, -0.2) is 0 Å². The van der Waals surface area contributed by atoms with Crippen LogP contribution in [0.3, 0.4) is 0 Å². The first kappa shape index (κ1) is 19.9. The summed E-state index contributed by atoms with van der Waals surface area (Å²) in [4.78, 5) is 14.0. The highest BCUT2D eigenvalue weighted by molar-refractivity contribution is 7.18. The third-order valence-electron chi connectivity index (χ3n) is 6.05. The van der Waals surface area contributed by atoms with Crippen molar-refractivity contribution in [2.75, 3.05) is 18.0 Å². The van der Waals surface area contributed by atoms with Gasteiger partial charge in [-0.3, -0.25) is 4.79 Å². The monoisotopic (exact) mass is 441 g/mol. The molecule has 1 aromatic carbocycles. The summed E-state index contributed by atoms with van der Waals surface area (Å²) >= 11 is 1.39. The van der Waals surface area contributed by atoms with Gasteiger partial charge < -0.3 is 14.7 Å². The normalized spacial score (nSPS) is 17.4. The molecule has 0 saturated carbocycles. The predicted molar refractivity (Wildman–Crippen MR) is 113 cm³/mol. The molecular weight excluding hydrogens is 418 g/mol. The first-order valence-corrected chi connectivity index (χ1v) is 11.2. The average Bonchev–Trinajstić information content (AvgIpc) is 3.43. The van der Waals surface area contributed by atoms with E-state index in [1.807, 2.05) is 0 Å². The Morgan fingerprint density at radius 1 is 1.23 bits per heavy atom. The number of aliphatic carboxylic acids is 1. The van der Waals surface area contributed by atoms with Gasteiger partial charge in [0.25, 0.3) is 0 Å². The molecule has 5 rings (SSSR count). The van der Waals surface area contributed by atoms with E-state index in [0.29, 0.717) is 5.01 Å². The molecule has 0 amide bonds. The molecule has 10 nitrogen and oxygen atoms in total. The van der Waals surface area contributed by atoms with Crippen LogP contribution in [-0.2, 0) is 24.2 Å². The molecule has 0 aliphatic carbocycles. The first-order chi connectivity index (χ1) is 15.0. The zero-order valence-corrected chi connectivity index (χ0v) is 18.0. The van der Waals surface area contributed by atoms with E-state index in [1.165, 1.54) is 22.5 Å². The highest BCUT2D eigenvalue weighted by atomic mass is 32.1. The van der Waals surface area contributed by atoms with Gasteiger partial charge in [0, 0.05) is 25.9 Å². The molecule has 1 N–H and O–H groups in total. The van der Waals surface area contributed by atoms with Crippen molar-refractivity contribution in [3.8, 4) is 16.6 Å². The van der Waals surface area contributed by atoms with Crippen LogP contribution in [0.15, 0.2) is 18.2 Å². The van der Waals surface area contributed by atoms with E-state index in [9.17, 15) is 4.79 Å². The molecule has 162 valence electrons. The van der Waals surface area contributed by atoms with Crippen LogP contribution in [0.2, 0.25) is 0 Å². The van der Waals surface area contributed by atoms with Crippen LogP contribution in [0.5, 0.6) is 5.75 Å². The number of fused-ring (bicyclic) bond motifs is 1. The Kier molecular flexibility index (Phi) is 5.05. The van der Waals surface area contributed by atoms with Gasteiger partial charge in [-0.15, -0.1) is 20.4 Å². The second-order valence-corrected chi connectivity index (χ2v) is 8.90. The zero-order chi connectivity index (χ0) is 21.4. The Balaban J connectivity index is 1.25. The van der Waals surface area contributed by atoms with Crippen molar-refractivity contribution in [3.63, 3.8) is 0 Å². The number of hydrogen-bond donors (Lipinski definition) is 1. The van der Waals surface area contributed by atoms with Crippen molar-refractivity contribution in [2.45, 2.75) is 51.2 Å². The van der Waals surface area contributed by atoms with Crippen molar-refractivity contribution >= 4 is 22.4 Å². The Morgan fingerprint density at radius 2 is 2.06 bits per heavy atom. The summed E-state index contributed by atoms with van der Waals surface area (Å²) in [5, 5.41) is 30.4. The van der Waals surface area contributed by atoms with Gasteiger partial charge in [-0.2, -0.15) is 4.80 Å². The number of hydrogen-bond acceptors (Lipinski definition) is 9. The maximum absolute atomic E-state index is 10.8. The molecule has 0 radical (unpaired) electrons. The highest BCUT2D eigenvalue weighted by Gasteiger charge is 2.40. The molecule has 11 heteroatoms. The molecule has 0 unspecified atom stereocenters. The van der Waals surface area contributed by atoms with Gasteiger partial charge in [-0.1, -0.05) is 30.4 Å². The number of rotatable bonds is 5. The third kappa shape index (κ3) is 3.85. The van der Waals surface area contributed by atoms with Gasteiger partial charge in [0.2, 0.25) is 11.0 Å². The lowest BCUT2D eigenvalue weighted by Gasteiger charge is -2.44. The van der Waals surface area contributed by atoms with E-state index in [4.69, 9.17) is 9.84 Å². The Bertz CT molecular complexity index is 1100. The molecule has 1 spiro atoms. The van der Waals surface area contributed by atoms with Crippen molar-refractivity contribution in [1.29, 1.82) is 0 Å². The fraction of sp³-hybridized carbons (Fsp3) is 0.500. The van der Waals surface area contributed by atoms with Gasteiger partial charge in [0.1, 0.15) is 11.4 Å². The number of ether oxygens (including phenoxy) is 1. The van der Waals surface area contributed by atoms with Gasteiger partial charge in [0.05, 0.1) is 0 Å². The van der Waals surface area contributed by atoms with Crippen LogP contribution >= 0.6 is 11.3 Å². The summed E-state index contributed by atoms with van der Waals surface area (Å²) in [6, 6.07) is 6.39. The van der Waals surface area contributed by atoms with E-state index < -0.39 is 5.97 Å². The second-order valence-electron chi connectivity index (χ2n) is 7.95. The summed E-state index contributed by atoms with van der Waals surface area (Å²) in [6.45, 7) is 3.54. The number of anilines is 1. The minimum absolute atomic E-state index is 0.107. The Labute approximate surface area is 182 Å². The predicted octanol–water partition coefficient (Wildman–Crippen LogP) is 2.20. The number of carboxylic acids is 1. The maximum atomic E-state index is 10.8. The van der Waals surface area contributed by atoms with E-state index in [-0.39, 0.29) is 18.0 Å². The summed E-state index contributed by atoms with van der Waals surface area (Å²) in [5.74, 6) is 0.313. The van der Waals surface area contributed by atoms with Crippen LogP contribution in [-0.4, -0.2) is 60.2 Å². The summed E-state index contributed by atoms with van der Waals surface area (Å²) in [6.07, 6.45) is 5.02. The maximum Gasteiger partial charge on any atom is 0.327 e. The minimum atomic E-state index is -1.03. The lowest BCUT2D eigenvalue weighted by molar-refractivity contribution is -0.138. The number of piperidine rings is 1. The summed E-state index contributed by atoms with van der Waals surface area (Å²) in [5.41, 5.74) is 2.65. The molecule has 2 aliphatic rings. The SMILES string of the molecule is CCc1cccc2c1CCC1(CCN(c3nnc(-c4nnn(CC(=O)O)n4)s3)CC1)O2. The van der Waals surface area contributed by atoms with Gasteiger partial charge in [0.15, 0.2) is 11.6 Å². The van der Waals surface area contributed by atoms with Crippen LogP contribution in [0, 0.1) is 0 Å². The largest absolute Gasteiger partial charge is 0.487 e. The fourth-order valence-electron chi connectivity index (χ4n) is 4.37. The van der Waals surface area contributed by atoms with E-state index in [2.05, 4.69) is 55.6 Å². The molecule has 2 aromatic heterocycles. The first-order valence-electron chi connectivity index (χ1n) is 10.4. The van der Waals surface area contributed by atoms with Gasteiger partial charge >= 0.3 is 5.97 Å². The van der Waals surface area contributed by atoms with Crippen molar-refractivity contribution in [3.05, 3.63) is 29.3 Å². The average molecular weight is 442 g/mol. The smallest absolute Gasteiger partial charge is 0.327 e. The molecule has 4 heterocycles. The van der Waals surface area contributed by atoms with E-state index in [0.717, 1.165) is 60.9 Å². The molecule has 31 heavy (non-hydrogen) atoms. The topological polar surface area (TPSA) is 119 Å². The molecule has 1 saturated heterocycles. The van der Waals surface area contributed by atoms with Crippen LogP contribution < -0.4 is 9.64 Å². The summed E-state index contributed by atoms with van der Waals surface area (Å²) < 4.78 is 6.56. The number of carbonyl (C=O) groups is 1. The molecular formula is C20H23N7O3S. The molecule has 2 aliphatic heterocycles. The number of aromatic nitrogens is 6. The molecule has 0 bridgehead atoms. The number of nitrogens with zero attached hydrogens (tertiary/aromatic N) is 7. The standard InChI is InChI=1S/C20H23N7O3S/c1-2-13-4-3-5-15-14(13)6-7-20(30-15)8-10-26(11-9-20)19-23-22-18(31-19)17-21-25-27(24-17)12-16(28)29/h3-5H,2,6-12H2,1H3,(H,28,29). The number of aryl methyl sites for hydroxylation is 1. The molecule has 1 fully saturated rings. The van der Waals surface area contributed by atoms with E-state index >= 15 is 0 Å². The number of tetrazole rings is 1. The minimum Gasteiger partial charge on any atom is -0.487 e. The van der Waals surface area contributed by atoms with Crippen molar-refractivity contribution in [1.82, 2.24) is 30.4 Å². The molecule has 0 atom stereocenters. The summed E-state index contributed by atoms with van der Waals surface area (Å²) in [7, 11) is 0.